The van der Waals surface area contributed by atoms with Crippen LogP contribution >= 0.6 is 12.2 Å². The van der Waals surface area contributed by atoms with E-state index in [1.807, 2.05) is 43.3 Å². The second-order valence-electron chi connectivity index (χ2n) is 7.96. The van der Waals surface area contributed by atoms with E-state index in [1.165, 1.54) is 19.3 Å². The van der Waals surface area contributed by atoms with E-state index in [2.05, 4.69) is 15.2 Å². The molecule has 164 valence electrons. The number of nitrogens with zero attached hydrogens (tertiary/aromatic N) is 1. The number of hydrogen-bond donors (Lipinski definition) is 2. The number of nitrogens with one attached hydrogen (secondary N) is 2. The van der Waals surface area contributed by atoms with Crippen molar-refractivity contribution in [3.63, 3.8) is 0 Å². The van der Waals surface area contributed by atoms with Gasteiger partial charge in [-0.3, -0.25) is 4.79 Å². The maximum absolute atomic E-state index is 12.8. The Morgan fingerprint density at radius 3 is 2.84 bits per heavy atom. The number of ether oxygens (including phenoxy) is 1. The first-order valence-electron chi connectivity index (χ1n) is 11.0. The summed E-state index contributed by atoms with van der Waals surface area (Å²) in [6.07, 6.45) is 7.46. The van der Waals surface area contributed by atoms with E-state index in [9.17, 15) is 4.79 Å². The number of pyridine rings is 1. The molecule has 2 heterocycles. The summed E-state index contributed by atoms with van der Waals surface area (Å²) >= 11 is 5.76. The summed E-state index contributed by atoms with van der Waals surface area (Å²) in [5.41, 5.74) is 1.43. The molecule has 0 bridgehead atoms. The van der Waals surface area contributed by atoms with Gasteiger partial charge in [0.15, 0.2) is 5.11 Å². The molecule has 1 aliphatic carbocycles. The van der Waals surface area contributed by atoms with E-state index in [0.29, 0.717) is 36.4 Å². The van der Waals surface area contributed by atoms with Gasteiger partial charge in [-0.15, -0.1) is 0 Å². The highest BCUT2D eigenvalue weighted by molar-refractivity contribution is 7.80. The molecule has 6 nitrogen and oxygen atoms in total. The summed E-state index contributed by atoms with van der Waals surface area (Å²) in [4.78, 5) is 18.0. The number of furan rings is 1. The van der Waals surface area contributed by atoms with Crippen LogP contribution in [0.1, 0.15) is 50.4 Å². The largest absolute Gasteiger partial charge is 0.494 e. The van der Waals surface area contributed by atoms with Gasteiger partial charge in [0, 0.05) is 22.5 Å². The molecule has 0 atom stereocenters. The second-order valence-corrected chi connectivity index (χ2v) is 8.35. The highest BCUT2D eigenvalue weighted by Gasteiger charge is 2.24. The molecule has 0 saturated heterocycles. The predicted molar refractivity (Wildman–Crippen MR) is 126 cm³/mol. The molecule has 0 radical (unpaired) electrons. The number of rotatable bonds is 7. The first-order chi connectivity index (χ1) is 15.1. The Morgan fingerprint density at radius 2 is 2.10 bits per heavy atom. The Hall–Kier alpha value is -2.80. The van der Waals surface area contributed by atoms with Crippen molar-refractivity contribution >= 4 is 28.2 Å². The quantitative estimate of drug-likeness (QED) is 0.519. The van der Waals surface area contributed by atoms with Gasteiger partial charge < -0.3 is 24.4 Å². The van der Waals surface area contributed by atoms with Crippen molar-refractivity contribution < 1.29 is 9.15 Å². The van der Waals surface area contributed by atoms with Crippen molar-refractivity contribution in [3.05, 3.63) is 64.3 Å². The van der Waals surface area contributed by atoms with Crippen LogP contribution in [0.5, 0.6) is 5.75 Å². The van der Waals surface area contributed by atoms with Gasteiger partial charge in [0.1, 0.15) is 11.5 Å². The number of H-pyrrole nitrogens is 1. The molecule has 2 aromatic heterocycles. The Morgan fingerprint density at radius 1 is 1.26 bits per heavy atom. The van der Waals surface area contributed by atoms with Crippen LogP contribution in [0.4, 0.5) is 0 Å². The summed E-state index contributed by atoms with van der Waals surface area (Å²) in [6, 6.07) is 11.8. The van der Waals surface area contributed by atoms with Crippen LogP contribution in [0.15, 0.2) is 51.9 Å². The highest BCUT2D eigenvalue weighted by Crippen LogP contribution is 2.25. The highest BCUT2D eigenvalue weighted by atomic mass is 32.1. The minimum Gasteiger partial charge on any atom is -0.494 e. The van der Waals surface area contributed by atoms with Crippen LogP contribution < -0.4 is 15.6 Å². The standard InChI is InChI=1S/C24H29N3O3S/c1-2-29-20-10-11-22-17(14-20)13-18(23(28)26-22)16-27(19-7-4-3-5-8-19)24(31)25-15-21-9-6-12-30-21/h6,9-14,19H,2-5,7-8,15-16H2,1H3,(H,25,31)(H,26,28). The molecule has 0 amide bonds. The summed E-state index contributed by atoms with van der Waals surface area (Å²) in [5.74, 6) is 1.63. The minimum absolute atomic E-state index is 0.0775. The number of aromatic nitrogens is 1. The molecule has 1 aliphatic rings. The number of hydrogen-bond acceptors (Lipinski definition) is 4. The van der Waals surface area contributed by atoms with Crippen LogP contribution in [-0.2, 0) is 13.1 Å². The Kier molecular flexibility index (Phi) is 6.92. The average Bonchev–Trinajstić information content (AvgIpc) is 3.31. The van der Waals surface area contributed by atoms with E-state index in [1.54, 1.807) is 6.26 Å². The van der Waals surface area contributed by atoms with Crippen LogP contribution in [0.2, 0.25) is 0 Å². The molecule has 4 rings (SSSR count). The molecule has 0 aliphatic heterocycles. The third-order valence-electron chi connectivity index (χ3n) is 5.81. The topological polar surface area (TPSA) is 70.5 Å². The smallest absolute Gasteiger partial charge is 0.253 e. The van der Waals surface area contributed by atoms with Crippen LogP contribution in [0, 0.1) is 0 Å². The van der Waals surface area contributed by atoms with E-state index in [-0.39, 0.29) is 5.56 Å². The summed E-state index contributed by atoms with van der Waals surface area (Å²) in [5, 5.41) is 4.93. The number of benzene rings is 1. The van der Waals surface area contributed by atoms with E-state index < -0.39 is 0 Å². The van der Waals surface area contributed by atoms with Crippen molar-refractivity contribution in [2.45, 2.75) is 58.2 Å². The second kappa shape index (κ2) is 10.0. The summed E-state index contributed by atoms with van der Waals surface area (Å²) < 4.78 is 11.0. The van der Waals surface area contributed by atoms with Gasteiger partial charge in [-0.1, -0.05) is 19.3 Å². The molecule has 0 unspecified atom stereocenters. The zero-order chi connectivity index (χ0) is 21.6. The van der Waals surface area contributed by atoms with Crippen LogP contribution in [0.25, 0.3) is 10.9 Å². The van der Waals surface area contributed by atoms with Gasteiger partial charge in [-0.2, -0.15) is 0 Å². The van der Waals surface area contributed by atoms with Crippen molar-refractivity contribution in [3.8, 4) is 5.75 Å². The summed E-state index contributed by atoms with van der Waals surface area (Å²) in [6.45, 7) is 3.56. The molecule has 3 aromatic rings. The average molecular weight is 440 g/mol. The lowest BCUT2D eigenvalue weighted by molar-refractivity contribution is 0.234. The Labute approximate surface area is 187 Å². The lowest BCUT2D eigenvalue weighted by atomic mass is 9.94. The number of aromatic amines is 1. The fourth-order valence-corrected chi connectivity index (χ4v) is 4.51. The molecule has 1 aromatic carbocycles. The molecule has 1 saturated carbocycles. The maximum Gasteiger partial charge on any atom is 0.253 e. The molecular weight excluding hydrogens is 410 g/mol. The third kappa shape index (κ3) is 5.28. The van der Waals surface area contributed by atoms with Gasteiger partial charge in [0.05, 0.1) is 26.0 Å². The van der Waals surface area contributed by atoms with Crippen LogP contribution in [0.3, 0.4) is 0 Å². The van der Waals surface area contributed by atoms with Gasteiger partial charge >= 0.3 is 0 Å². The monoisotopic (exact) mass is 439 g/mol. The lowest BCUT2D eigenvalue weighted by Gasteiger charge is -2.36. The molecule has 7 heteroatoms. The Balaban J connectivity index is 1.58. The first kappa shape index (κ1) is 21.4. The summed E-state index contributed by atoms with van der Waals surface area (Å²) in [7, 11) is 0. The first-order valence-corrected chi connectivity index (χ1v) is 11.4. The molecular formula is C24H29N3O3S. The fourth-order valence-electron chi connectivity index (χ4n) is 4.22. The SMILES string of the molecule is CCOc1ccc2[nH]c(=O)c(CN(C(=S)NCc3ccco3)C3CCCCC3)cc2c1. The lowest BCUT2D eigenvalue weighted by Crippen LogP contribution is -2.46. The molecule has 0 spiro atoms. The molecule has 2 N–H and O–H groups in total. The zero-order valence-corrected chi connectivity index (χ0v) is 18.7. The van der Waals surface area contributed by atoms with Crippen molar-refractivity contribution in [1.82, 2.24) is 15.2 Å². The number of fused-ring (bicyclic) bond motifs is 1. The van der Waals surface area contributed by atoms with Crippen molar-refractivity contribution in [2.24, 2.45) is 0 Å². The van der Waals surface area contributed by atoms with Gasteiger partial charge in [0.25, 0.3) is 5.56 Å². The van der Waals surface area contributed by atoms with E-state index >= 15 is 0 Å². The normalized spacial score (nSPS) is 14.5. The van der Waals surface area contributed by atoms with Crippen molar-refractivity contribution in [2.75, 3.05) is 6.61 Å². The third-order valence-corrected chi connectivity index (χ3v) is 6.19. The van der Waals surface area contributed by atoms with Crippen LogP contribution in [-0.4, -0.2) is 27.6 Å². The Bertz CT molecular complexity index is 1070. The number of thiocarbonyl (C=S) groups is 1. The van der Waals surface area contributed by atoms with Gasteiger partial charge in [-0.05, 0) is 68.4 Å². The molecule has 1 fully saturated rings. The zero-order valence-electron chi connectivity index (χ0n) is 17.9. The molecule has 31 heavy (non-hydrogen) atoms. The predicted octanol–water partition coefficient (Wildman–Crippen LogP) is 4.73. The van der Waals surface area contributed by atoms with Gasteiger partial charge in [-0.25, -0.2) is 0 Å². The van der Waals surface area contributed by atoms with Crippen molar-refractivity contribution in [1.29, 1.82) is 0 Å². The van der Waals surface area contributed by atoms with E-state index in [0.717, 1.165) is 35.3 Å². The maximum atomic E-state index is 12.8. The van der Waals surface area contributed by atoms with Gasteiger partial charge in [0.2, 0.25) is 0 Å². The fraction of sp³-hybridized carbons (Fsp3) is 0.417. The van der Waals surface area contributed by atoms with E-state index in [4.69, 9.17) is 21.4 Å². The minimum atomic E-state index is -0.0775.